The van der Waals surface area contributed by atoms with Gasteiger partial charge in [0.2, 0.25) is 0 Å². The van der Waals surface area contributed by atoms with E-state index in [1.807, 2.05) is 49.6 Å². The fourth-order valence-electron chi connectivity index (χ4n) is 2.21. The number of hydrogen-bond donors (Lipinski definition) is 3. The fraction of sp³-hybridized carbons (Fsp3) is 0.333. The first-order valence-electron chi connectivity index (χ1n) is 6.92. The minimum Gasteiger partial charge on any atom is -0.409 e. The number of amidine groups is 1. The van der Waals surface area contributed by atoms with Crippen LogP contribution >= 0.6 is 0 Å². The van der Waals surface area contributed by atoms with Gasteiger partial charge in [0.05, 0.1) is 5.69 Å². The second-order valence-electron chi connectivity index (χ2n) is 4.94. The van der Waals surface area contributed by atoms with Crippen LogP contribution in [0.4, 0.5) is 0 Å². The molecule has 0 spiro atoms. The van der Waals surface area contributed by atoms with Crippen molar-refractivity contribution in [2.75, 3.05) is 6.54 Å². The summed E-state index contributed by atoms with van der Waals surface area (Å²) in [6, 6.07) is 12.0. The van der Waals surface area contributed by atoms with Crippen LogP contribution in [-0.2, 0) is 13.5 Å². The van der Waals surface area contributed by atoms with E-state index in [1.165, 1.54) is 0 Å². The lowest BCUT2D eigenvalue weighted by atomic mass is 10.0. The van der Waals surface area contributed by atoms with Crippen molar-refractivity contribution in [3.05, 3.63) is 53.9 Å². The number of oxime groups is 1. The average Bonchev–Trinajstić information content (AvgIpc) is 2.92. The Bertz CT molecular complexity index is 579. The van der Waals surface area contributed by atoms with Crippen molar-refractivity contribution < 1.29 is 5.21 Å². The Morgan fingerprint density at radius 3 is 2.76 bits per heavy atom. The number of nitrogens with zero attached hydrogens (tertiary/aromatic N) is 3. The van der Waals surface area contributed by atoms with Gasteiger partial charge in [-0.2, -0.15) is 5.10 Å². The van der Waals surface area contributed by atoms with Crippen molar-refractivity contribution >= 4 is 5.84 Å². The summed E-state index contributed by atoms with van der Waals surface area (Å²) < 4.78 is 1.79. The van der Waals surface area contributed by atoms with Crippen LogP contribution in [0.5, 0.6) is 0 Å². The van der Waals surface area contributed by atoms with E-state index < -0.39 is 0 Å². The third-order valence-corrected chi connectivity index (χ3v) is 3.28. The molecule has 2 aromatic rings. The zero-order valence-electron chi connectivity index (χ0n) is 12.1. The smallest absolute Gasteiger partial charge is 0.141 e. The van der Waals surface area contributed by atoms with E-state index in [4.69, 9.17) is 10.9 Å². The monoisotopic (exact) mass is 287 g/mol. The van der Waals surface area contributed by atoms with Gasteiger partial charge in [-0.3, -0.25) is 4.68 Å². The lowest BCUT2D eigenvalue weighted by Crippen LogP contribution is -2.28. The number of aromatic nitrogens is 2. The highest BCUT2D eigenvalue weighted by molar-refractivity contribution is 5.80. The standard InChI is InChI=1S/C15H21N5O/c1-20-10-8-13(18-20)7-9-17-14(11-15(16)19-21)12-5-3-2-4-6-12/h2-6,8,10,14,17,21H,7,9,11H2,1H3,(H2,16,19). The van der Waals surface area contributed by atoms with Gasteiger partial charge < -0.3 is 16.3 Å². The molecular weight excluding hydrogens is 266 g/mol. The Hall–Kier alpha value is -2.34. The third-order valence-electron chi connectivity index (χ3n) is 3.28. The van der Waals surface area contributed by atoms with E-state index in [-0.39, 0.29) is 11.9 Å². The number of nitrogens with two attached hydrogens (primary N) is 1. The van der Waals surface area contributed by atoms with Crippen LogP contribution in [0.3, 0.4) is 0 Å². The van der Waals surface area contributed by atoms with Crippen LogP contribution in [0.25, 0.3) is 0 Å². The van der Waals surface area contributed by atoms with Crippen molar-refractivity contribution in [2.24, 2.45) is 17.9 Å². The molecule has 0 amide bonds. The van der Waals surface area contributed by atoms with E-state index >= 15 is 0 Å². The maximum atomic E-state index is 8.76. The minimum absolute atomic E-state index is 0.0193. The molecule has 4 N–H and O–H groups in total. The van der Waals surface area contributed by atoms with Gasteiger partial charge in [-0.25, -0.2) is 0 Å². The molecule has 0 aliphatic carbocycles. The zero-order valence-corrected chi connectivity index (χ0v) is 12.1. The molecule has 1 aromatic heterocycles. The summed E-state index contributed by atoms with van der Waals surface area (Å²) in [6.07, 6.45) is 3.23. The highest BCUT2D eigenvalue weighted by atomic mass is 16.4. The van der Waals surface area contributed by atoms with Crippen LogP contribution < -0.4 is 11.1 Å². The number of hydrogen-bond acceptors (Lipinski definition) is 4. The van der Waals surface area contributed by atoms with Crippen LogP contribution in [0.2, 0.25) is 0 Å². The number of rotatable bonds is 7. The maximum absolute atomic E-state index is 8.76. The van der Waals surface area contributed by atoms with Gasteiger partial charge in [-0.1, -0.05) is 35.5 Å². The Morgan fingerprint density at radius 1 is 1.38 bits per heavy atom. The summed E-state index contributed by atoms with van der Waals surface area (Å²) in [7, 11) is 1.90. The fourth-order valence-corrected chi connectivity index (χ4v) is 2.21. The lowest BCUT2D eigenvalue weighted by Gasteiger charge is -2.18. The van der Waals surface area contributed by atoms with Gasteiger partial charge in [-0.05, 0) is 11.6 Å². The largest absolute Gasteiger partial charge is 0.409 e. The van der Waals surface area contributed by atoms with Crippen molar-refractivity contribution in [1.82, 2.24) is 15.1 Å². The van der Waals surface area contributed by atoms with Gasteiger partial charge in [0.1, 0.15) is 5.84 Å². The molecule has 0 saturated carbocycles. The van der Waals surface area contributed by atoms with E-state index in [1.54, 1.807) is 4.68 Å². The van der Waals surface area contributed by atoms with Gasteiger partial charge in [0.25, 0.3) is 0 Å². The normalized spacial score (nSPS) is 13.3. The predicted octanol–water partition coefficient (Wildman–Crippen LogP) is 1.43. The predicted molar refractivity (Wildman–Crippen MR) is 82.1 cm³/mol. The van der Waals surface area contributed by atoms with E-state index in [9.17, 15) is 0 Å². The lowest BCUT2D eigenvalue weighted by molar-refractivity contribution is 0.315. The van der Waals surface area contributed by atoms with Gasteiger partial charge >= 0.3 is 0 Å². The van der Waals surface area contributed by atoms with Crippen LogP contribution in [0.15, 0.2) is 47.8 Å². The first-order valence-corrected chi connectivity index (χ1v) is 6.92. The molecule has 1 aromatic carbocycles. The molecule has 0 aliphatic rings. The maximum Gasteiger partial charge on any atom is 0.141 e. The first kappa shape index (κ1) is 15.1. The molecule has 0 aliphatic heterocycles. The Morgan fingerprint density at radius 2 is 2.14 bits per heavy atom. The second kappa shape index (κ2) is 7.44. The first-order chi connectivity index (χ1) is 10.2. The highest BCUT2D eigenvalue weighted by Crippen LogP contribution is 2.16. The summed E-state index contributed by atoms with van der Waals surface area (Å²) in [4.78, 5) is 0. The summed E-state index contributed by atoms with van der Waals surface area (Å²) in [6.45, 7) is 0.773. The Kier molecular flexibility index (Phi) is 5.34. The van der Waals surface area contributed by atoms with Crippen molar-refractivity contribution in [3.8, 4) is 0 Å². The number of benzene rings is 1. The van der Waals surface area contributed by atoms with Gasteiger partial charge in [0, 0.05) is 38.7 Å². The van der Waals surface area contributed by atoms with Crippen molar-refractivity contribution in [3.63, 3.8) is 0 Å². The molecule has 112 valence electrons. The molecule has 1 heterocycles. The Balaban J connectivity index is 1.96. The molecule has 21 heavy (non-hydrogen) atoms. The average molecular weight is 287 g/mol. The SMILES string of the molecule is Cn1ccc(CCNC(C/C(N)=N/O)c2ccccc2)n1. The number of aryl methyl sites for hydroxylation is 1. The van der Waals surface area contributed by atoms with Crippen LogP contribution in [-0.4, -0.2) is 27.4 Å². The zero-order chi connectivity index (χ0) is 15.1. The van der Waals surface area contributed by atoms with Gasteiger partial charge in [0.15, 0.2) is 0 Å². The second-order valence-corrected chi connectivity index (χ2v) is 4.94. The molecular formula is C15H21N5O. The molecule has 1 atom stereocenters. The molecule has 1 unspecified atom stereocenters. The third kappa shape index (κ3) is 4.61. The summed E-state index contributed by atoms with van der Waals surface area (Å²) in [5.74, 6) is 0.217. The molecule has 0 radical (unpaired) electrons. The highest BCUT2D eigenvalue weighted by Gasteiger charge is 2.13. The molecule has 6 nitrogen and oxygen atoms in total. The summed E-state index contributed by atoms with van der Waals surface area (Å²) in [5, 5.41) is 19.6. The topological polar surface area (TPSA) is 88.5 Å². The minimum atomic E-state index is 0.0193. The van der Waals surface area contributed by atoms with Crippen molar-refractivity contribution in [1.29, 1.82) is 0 Å². The van der Waals surface area contributed by atoms with E-state index in [0.29, 0.717) is 6.42 Å². The quantitative estimate of drug-likeness (QED) is 0.311. The summed E-state index contributed by atoms with van der Waals surface area (Å²) >= 11 is 0. The van der Waals surface area contributed by atoms with Gasteiger partial charge in [-0.15, -0.1) is 0 Å². The molecule has 0 saturated heterocycles. The van der Waals surface area contributed by atoms with E-state index in [2.05, 4.69) is 15.6 Å². The number of nitrogens with one attached hydrogen (secondary N) is 1. The molecule has 0 fully saturated rings. The van der Waals surface area contributed by atoms with Crippen molar-refractivity contribution in [2.45, 2.75) is 18.9 Å². The van der Waals surface area contributed by atoms with Crippen LogP contribution in [0, 0.1) is 0 Å². The molecule has 2 rings (SSSR count). The van der Waals surface area contributed by atoms with Crippen LogP contribution in [0.1, 0.15) is 23.7 Å². The summed E-state index contributed by atoms with van der Waals surface area (Å²) in [5.41, 5.74) is 7.80. The van der Waals surface area contributed by atoms with E-state index in [0.717, 1.165) is 24.2 Å². The molecule has 6 heteroatoms. The molecule has 0 bridgehead atoms. The Labute approximate surface area is 124 Å².